The first-order valence-corrected chi connectivity index (χ1v) is 8.66. The van der Waals surface area contributed by atoms with Gasteiger partial charge in [0.1, 0.15) is 11.6 Å². The number of rotatable bonds is 7. The van der Waals surface area contributed by atoms with Crippen molar-refractivity contribution in [2.45, 2.75) is 26.7 Å². The molecule has 0 saturated heterocycles. The van der Waals surface area contributed by atoms with Crippen LogP contribution in [0.3, 0.4) is 0 Å². The lowest BCUT2D eigenvalue weighted by atomic mass is 10.2. The van der Waals surface area contributed by atoms with Gasteiger partial charge >= 0.3 is 0 Å². The second-order valence-electron chi connectivity index (χ2n) is 5.94. The molecule has 0 atom stereocenters. The summed E-state index contributed by atoms with van der Waals surface area (Å²) in [6.07, 6.45) is 3.63. The summed E-state index contributed by atoms with van der Waals surface area (Å²) in [7, 11) is 3.40. The van der Waals surface area contributed by atoms with Crippen LogP contribution >= 0.6 is 11.6 Å². The first-order chi connectivity index (χ1) is 12.0. The lowest BCUT2D eigenvalue weighted by Gasteiger charge is -2.17. The Morgan fingerprint density at radius 1 is 1.36 bits per heavy atom. The van der Waals surface area contributed by atoms with Crippen molar-refractivity contribution in [3.05, 3.63) is 46.6 Å². The van der Waals surface area contributed by atoms with Gasteiger partial charge in [0.25, 0.3) is 5.91 Å². The third kappa shape index (κ3) is 4.86. The molecule has 2 rings (SSSR count). The summed E-state index contributed by atoms with van der Waals surface area (Å²) in [4.78, 5) is 18.4. The summed E-state index contributed by atoms with van der Waals surface area (Å²) in [5.74, 6) is 1.25. The molecule has 6 heteroatoms. The molecule has 0 saturated carbocycles. The molecule has 1 N–H and O–H groups in total. The van der Waals surface area contributed by atoms with E-state index in [0.29, 0.717) is 22.2 Å². The van der Waals surface area contributed by atoms with E-state index in [1.165, 1.54) is 0 Å². The molecule has 0 unspecified atom stereocenters. The molecule has 0 fully saturated rings. The number of hydrogen-bond donors (Lipinski definition) is 1. The Morgan fingerprint density at radius 3 is 2.72 bits per heavy atom. The zero-order chi connectivity index (χ0) is 18.4. The largest absolute Gasteiger partial charge is 0.495 e. The Balaban J connectivity index is 2.13. The van der Waals surface area contributed by atoms with Crippen LogP contribution < -0.4 is 10.1 Å². The van der Waals surface area contributed by atoms with E-state index in [2.05, 4.69) is 17.2 Å². The lowest BCUT2D eigenvalue weighted by Crippen LogP contribution is -2.27. The number of halogens is 1. The van der Waals surface area contributed by atoms with E-state index >= 15 is 0 Å². The molecule has 0 aliphatic heterocycles. The van der Waals surface area contributed by atoms with Crippen molar-refractivity contribution in [2.75, 3.05) is 26.0 Å². The van der Waals surface area contributed by atoms with Crippen LogP contribution in [0.1, 0.15) is 35.7 Å². The number of pyridine rings is 1. The fourth-order valence-electron chi connectivity index (χ4n) is 2.38. The highest BCUT2D eigenvalue weighted by molar-refractivity contribution is 6.31. The summed E-state index contributed by atoms with van der Waals surface area (Å²) in [6, 6.07) is 7.22. The van der Waals surface area contributed by atoms with Gasteiger partial charge in [0.15, 0.2) is 0 Å². The number of carbonyl (C=O) groups is 1. The van der Waals surface area contributed by atoms with E-state index in [1.54, 1.807) is 36.4 Å². The Bertz CT molecular complexity index is 732. The minimum Gasteiger partial charge on any atom is -0.495 e. The number of ether oxygens (including phenoxy) is 1. The van der Waals surface area contributed by atoms with Crippen LogP contribution in [-0.4, -0.2) is 36.5 Å². The molecule has 2 aromatic rings. The average Bonchev–Trinajstić information content (AvgIpc) is 2.62. The van der Waals surface area contributed by atoms with E-state index < -0.39 is 0 Å². The van der Waals surface area contributed by atoms with Gasteiger partial charge in [-0.1, -0.05) is 24.9 Å². The van der Waals surface area contributed by atoms with Crippen LogP contribution in [0.25, 0.3) is 0 Å². The van der Waals surface area contributed by atoms with Crippen molar-refractivity contribution in [1.82, 2.24) is 9.88 Å². The summed E-state index contributed by atoms with van der Waals surface area (Å²) >= 11 is 6.12. The van der Waals surface area contributed by atoms with Gasteiger partial charge in [-0.2, -0.15) is 0 Å². The van der Waals surface area contributed by atoms with E-state index in [0.717, 1.165) is 30.6 Å². The fraction of sp³-hybridized carbons (Fsp3) is 0.368. The van der Waals surface area contributed by atoms with E-state index in [9.17, 15) is 4.79 Å². The Morgan fingerprint density at radius 2 is 2.12 bits per heavy atom. The number of unbranched alkanes of at least 4 members (excludes halogenated alkanes) is 1. The normalized spacial score (nSPS) is 10.4. The number of nitrogens with one attached hydrogen (secondary N) is 1. The first kappa shape index (κ1) is 19.1. The van der Waals surface area contributed by atoms with Crippen molar-refractivity contribution in [1.29, 1.82) is 0 Å². The monoisotopic (exact) mass is 361 g/mol. The predicted molar refractivity (Wildman–Crippen MR) is 102 cm³/mol. The van der Waals surface area contributed by atoms with Gasteiger partial charge in [-0.15, -0.1) is 0 Å². The number of methoxy groups -OCH3 is 1. The van der Waals surface area contributed by atoms with Crippen LogP contribution in [0, 0.1) is 6.92 Å². The Labute approximate surface area is 154 Å². The maximum atomic E-state index is 12.3. The molecular formula is C19H24ClN3O2. The number of hydrogen-bond acceptors (Lipinski definition) is 4. The van der Waals surface area contributed by atoms with Crippen molar-refractivity contribution in [3.63, 3.8) is 0 Å². The standard InChI is InChI=1S/C19H24ClN3O2/c1-5-6-9-23(3)19(24)14-7-8-18(21-12-14)22-16-10-13(2)15(20)11-17(16)25-4/h7-8,10-12H,5-6,9H2,1-4H3,(H,21,22). The van der Waals surface area contributed by atoms with E-state index in [-0.39, 0.29) is 5.91 Å². The van der Waals surface area contributed by atoms with Crippen molar-refractivity contribution < 1.29 is 9.53 Å². The minimum absolute atomic E-state index is 0.0209. The highest BCUT2D eigenvalue weighted by Crippen LogP contribution is 2.32. The smallest absolute Gasteiger partial charge is 0.255 e. The number of carbonyl (C=O) groups excluding carboxylic acids is 1. The van der Waals surface area contributed by atoms with Gasteiger partial charge < -0.3 is 15.0 Å². The van der Waals surface area contributed by atoms with Gasteiger partial charge in [0.2, 0.25) is 0 Å². The molecule has 0 radical (unpaired) electrons. The van der Waals surface area contributed by atoms with Crippen LogP contribution in [0.2, 0.25) is 5.02 Å². The first-order valence-electron chi connectivity index (χ1n) is 8.29. The van der Waals surface area contributed by atoms with Crippen molar-refractivity contribution >= 4 is 29.0 Å². The molecule has 25 heavy (non-hydrogen) atoms. The molecule has 134 valence electrons. The second-order valence-corrected chi connectivity index (χ2v) is 6.35. The topological polar surface area (TPSA) is 54.5 Å². The molecular weight excluding hydrogens is 338 g/mol. The third-order valence-electron chi connectivity index (χ3n) is 3.95. The fourth-order valence-corrected chi connectivity index (χ4v) is 2.53. The Hall–Kier alpha value is -2.27. The summed E-state index contributed by atoms with van der Waals surface area (Å²) < 4.78 is 5.35. The van der Waals surface area contributed by atoms with Crippen molar-refractivity contribution in [3.8, 4) is 5.75 Å². The van der Waals surface area contributed by atoms with Gasteiger partial charge in [-0.3, -0.25) is 4.79 Å². The van der Waals surface area contributed by atoms with Crippen LogP contribution in [-0.2, 0) is 0 Å². The van der Waals surface area contributed by atoms with Gasteiger partial charge in [-0.25, -0.2) is 4.98 Å². The molecule has 0 bridgehead atoms. The number of anilines is 2. The lowest BCUT2D eigenvalue weighted by molar-refractivity contribution is 0.0793. The van der Waals surface area contributed by atoms with E-state index in [4.69, 9.17) is 16.3 Å². The maximum Gasteiger partial charge on any atom is 0.255 e. The highest BCUT2D eigenvalue weighted by atomic mass is 35.5. The number of nitrogens with zero attached hydrogens (tertiary/aromatic N) is 2. The zero-order valence-electron chi connectivity index (χ0n) is 15.1. The third-order valence-corrected chi connectivity index (χ3v) is 4.35. The van der Waals surface area contributed by atoms with Gasteiger partial charge in [0, 0.05) is 30.9 Å². The van der Waals surface area contributed by atoms with Gasteiger partial charge in [-0.05, 0) is 37.1 Å². The predicted octanol–water partition coefficient (Wildman–Crippen LogP) is 4.67. The number of aryl methyl sites for hydroxylation is 1. The zero-order valence-corrected chi connectivity index (χ0v) is 15.9. The SMILES string of the molecule is CCCCN(C)C(=O)c1ccc(Nc2cc(C)c(Cl)cc2OC)nc1. The summed E-state index contributed by atoms with van der Waals surface area (Å²) in [6.45, 7) is 4.78. The molecule has 0 aliphatic rings. The van der Waals surface area contributed by atoms with Crippen LogP contribution in [0.5, 0.6) is 5.75 Å². The molecule has 1 aromatic heterocycles. The highest BCUT2D eigenvalue weighted by Gasteiger charge is 2.12. The quantitative estimate of drug-likeness (QED) is 0.778. The van der Waals surface area contributed by atoms with Crippen molar-refractivity contribution in [2.24, 2.45) is 0 Å². The number of benzene rings is 1. The number of amides is 1. The molecule has 1 amide bonds. The average molecular weight is 362 g/mol. The Kier molecular flexibility index (Phi) is 6.65. The molecule has 5 nitrogen and oxygen atoms in total. The van der Waals surface area contributed by atoms with E-state index in [1.807, 2.05) is 20.0 Å². The summed E-state index contributed by atoms with van der Waals surface area (Å²) in [5.41, 5.74) is 2.29. The summed E-state index contributed by atoms with van der Waals surface area (Å²) in [5, 5.41) is 3.85. The number of aromatic nitrogens is 1. The molecule has 1 aromatic carbocycles. The molecule has 0 aliphatic carbocycles. The van der Waals surface area contributed by atoms with Crippen LogP contribution in [0.15, 0.2) is 30.5 Å². The minimum atomic E-state index is -0.0209. The molecule has 0 spiro atoms. The van der Waals surface area contributed by atoms with Crippen LogP contribution in [0.4, 0.5) is 11.5 Å². The van der Waals surface area contributed by atoms with Gasteiger partial charge in [0.05, 0.1) is 18.4 Å². The molecule has 1 heterocycles. The maximum absolute atomic E-state index is 12.3. The second kappa shape index (κ2) is 8.72.